The van der Waals surface area contributed by atoms with Gasteiger partial charge in [-0.05, 0) is 25.8 Å². The molecule has 0 aromatic carbocycles. The molecule has 0 bridgehead atoms. The van der Waals surface area contributed by atoms with Crippen molar-refractivity contribution in [2.75, 3.05) is 57.4 Å². The van der Waals surface area contributed by atoms with Crippen molar-refractivity contribution in [1.29, 1.82) is 0 Å². The molecule has 0 atom stereocenters. The van der Waals surface area contributed by atoms with Gasteiger partial charge in [0.1, 0.15) is 0 Å². The summed E-state index contributed by atoms with van der Waals surface area (Å²) < 4.78 is 11.1. The van der Waals surface area contributed by atoms with Crippen molar-refractivity contribution in [3.63, 3.8) is 0 Å². The minimum Gasteiger partial charge on any atom is -0.466 e. The molecule has 0 aliphatic rings. The van der Waals surface area contributed by atoms with Gasteiger partial charge in [0.2, 0.25) is 0 Å². The number of hydrogen-bond donors (Lipinski definition) is 1. The van der Waals surface area contributed by atoms with Gasteiger partial charge in [-0.2, -0.15) is 0 Å². The third-order valence-electron chi connectivity index (χ3n) is 9.43. The van der Waals surface area contributed by atoms with Crippen molar-refractivity contribution in [2.45, 2.75) is 201 Å². The minimum atomic E-state index is -0.118. The van der Waals surface area contributed by atoms with Crippen molar-refractivity contribution >= 4 is 33.5 Å². The highest BCUT2D eigenvalue weighted by atomic mass is 33.1. The number of carbonyl (C=O) groups excluding carboxylic acids is 2. The van der Waals surface area contributed by atoms with Gasteiger partial charge in [-0.25, -0.2) is 0 Å². The second-order valence-electron chi connectivity index (χ2n) is 14.3. The first-order chi connectivity index (χ1) is 24.6. The minimum absolute atomic E-state index is 0.118. The molecule has 1 N–H and O–H groups in total. The van der Waals surface area contributed by atoms with E-state index in [9.17, 15) is 9.59 Å². The van der Waals surface area contributed by atoms with Gasteiger partial charge in [-0.15, -0.1) is 0 Å². The van der Waals surface area contributed by atoms with Crippen molar-refractivity contribution in [3.05, 3.63) is 0 Å². The summed E-state index contributed by atoms with van der Waals surface area (Å²) in [5.41, 5.74) is 0. The van der Waals surface area contributed by atoms with Gasteiger partial charge in [-0.1, -0.05) is 190 Å². The number of carbonyl (C=O) groups is 2. The molecule has 8 heteroatoms. The van der Waals surface area contributed by atoms with Crippen LogP contribution in [0.25, 0.3) is 0 Å². The Kier molecular flexibility index (Phi) is 42.6. The van der Waals surface area contributed by atoms with Gasteiger partial charge >= 0.3 is 11.9 Å². The van der Waals surface area contributed by atoms with E-state index < -0.39 is 0 Å². The van der Waals surface area contributed by atoms with Gasteiger partial charge in [0.15, 0.2) is 0 Å². The van der Waals surface area contributed by atoms with Gasteiger partial charge in [0.05, 0.1) is 26.1 Å². The summed E-state index contributed by atoms with van der Waals surface area (Å²) in [7, 11) is 3.78. The van der Waals surface area contributed by atoms with Crippen LogP contribution in [0.1, 0.15) is 201 Å². The maximum absolute atomic E-state index is 12.5. The lowest BCUT2D eigenvalue weighted by molar-refractivity contribution is -0.144. The summed E-state index contributed by atoms with van der Waals surface area (Å²) in [5.74, 6) is 1.83. The molecule has 0 fully saturated rings. The first-order valence-corrected chi connectivity index (χ1v) is 24.1. The zero-order chi connectivity index (χ0) is 36.4. The maximum atomic E-state index is 12.5. The molecule has 0 unspecified atom stereocenters. The molecular weight excluding hydrogens is 661 g/mol. The molecule has 0 aliphatic heterocycles. The number of esters is 2. The van der Waals surface area contributed by atoms with Crippen LogP contribution in [-0.2, 0) is 19.1 Å². The average Bonchev–Trinajstić information content (AvgIpc) is 3.12. The molecule has 0 aromatic heterocycles. The van der Waals surface area contributed by atoms with Gasteiger partial charge in [0.25, 0.3) is 0 Å². The molecule has 0 heterocycles. The Morgan fingerprint density at radius 2 is 0.800 bits per heavy atom. The molecule has 0 saturated heterocycles. The smallest absolute Gasteiger partial charge is 0.307 e. The molecule has 0 aliphatic carbocycles. The Hall–Kier alpha value is -0.440. The van der Waals surface area contributed by atoms with Crippen LogP contribution in [0.4, 0.5) is 0 Å². The molecule has 0 aromatic rings. The number of hydrogen-bond acceptors (Lipinski definition) is 8. The fourth-order valence-electron chi connectivity index (χ4n) is 6.06. The van der Waals surface area contributed by atoms with Crippen LogP contribution in [-0.4, -0.2) is 74.3 Å². The van der Waals surface area contributed by atoms with Gasteiger partial charge in [0, 0.05) is 37.7 Å². The lowest BCUT2D eigenvalue weighted by atomic mass is 10.1. The number of ether oxygens (including phenoxy) is 2. The lowest BCUT2D eigenvalue weighted by Crippen LogP contribution is -2.31. The third-order valence-corrected chi connectivity index (χ3v) is 11.8. The van der Waals surface area contributed by atoms with Crippen LogP contribution in [0.2, 0.25) is 0 Å². The van der Waals surface area contributed by atoms with E-state index in [0.29, 0.717) is 39.1 Å². The third kappa shape index (κ3) is 40.3. The molecule has 50 heavy (non-hydrogen) atoms. The summed E-state index contributed by atoms with van der Waals surface area (Å²) in [6, 6.07) is 0. The van der Waals surface area contributed by atoms with Gasteiger partial charge in [-0.3, -0.25) is 9.59 Å². The second-order valence-corrected chi connectivity index (χ2v) is 17.0. The predicted molar refractivity (Wildman–Crippen MR) is 222 cm³/mol. The Morgan fingerprint density at radius 1 is 0.440 bits per heavy atom. The standard InChI is InChI=1S/C42H84N2O4S2/c1-4-7-10-12-14-16-18-20-22-24-26-28-37-47-41(45)30-34-44(36-40-50-49-39-33-43-32-9-6-3)35-31-42(46)48-38-29-27-25-23-21-19-17-15-13-11-8-5-2/h43H,4-40H2,1-3H3. The van der Waals surface area contributed by atoms with E-state index in [1.54, 1.807) is 0 Å². The maximum Gasteiger partial charge on any atom is 0.307 e. The molecule has 0 radical (unpaired) electrons. The van der Waals surface area contributed by atoms with Gasteiger partial charge < -0.3 is 19.7 Å². The zero-order valence-corrected chi connectivity index (χ0v) is 35.2. The first-order valence-electron chi connectivity index (χ1n) is 21.6. The molecular formula is C42H84N2O4S2. The summed E-state index contributed by atoms with van der Waals surface area (Å²) in [6.45, 7) is 12.1. The van der Waals surface area contributed by atoms with E-state index in [1.165, 1.54) is 141 Å². The summed E-state index contributed by atoms with van der Waals surface area (Å²) >= 11 is 0. The van der Waals surface area contributed by atoms with Crippen molar-refractivity contribution in [1.82, 2.24) is 10.2 Å². The molecule has 6 nitrogen and oxygen atoms in total. The summed E-state index contributed by atoms with van der Waals surface area (Å²) in [6.07, 6.45) is 34.4. The fraction of sp³-hybridized carbons (Fsp3) is 0.952. The quantitative estimate of drug-likeness (QED) is 0.0376. The zero-order valence-electron chi connectivity index (χ0n) is 33.6. The Morgan fingerprint density at radius 3 is 1.20 bits per heavy atom. The normalized spacial score (nSPS) is 11.4. The highest BCUT2D eigenvalue weighted by Gasteiger charge is 2.13. The molecule has 0 rings (SSSR count). The van der Waals surface area contributed by atoms with E-state index >= 15 is 0 Å². The number of unbranched alkanes of at least 4 members (excludes halogenated alkanes) is 23. The Labute approximate surface area is 319 Å². The van der Waals surface area contributed by atoms with Crippen molar-refractivity contribution in [3.8, 4) is 0 Å². The lowest BCUT2D eigenvalue weighted by Gasteiger charge is -2.21. The van der Waals surface area contributed by atoms with Crippen molar-refractivity contribution in [2.24, 2.45) is 0 Å². The largest absolute Gasteiger partial charge is 0.466 e. The SMILES string of the molecule is CCCCCCCCCCCCCCOC(=O)CCN(CCSSCCNCCCC)CCC(=O)OCCCCCCCCCCCCCC. The highest BCUT2D eigenvalue weighted by molar-refractivity contribution is 8.76. The fourth-order valence-corrected chi connectivity index (χ4v) is 8.04. The van der Waals surface area contributed by atoms with Crippen molar-refractivity contribution < 1.29 is 19.1 Å². The molecule has 298 valence electrons. The van der Waals surface area contributed by atoms with Crippen LogP contribution in [0.5, 0.6) is 0 Å². The van der Waals surface area contributed by atoms with Crippen LogP contribution >= 0.6 is 21.6 Å². The number of nitrogens with one attached hydrogen (secondary N) is 1. The van der Waals surface area contributed by atoms with Crippen LogP contribution in [0, 0.1) is 0 Å². The van der Waals surface area contributed by atoms with E-state index in [0.717, 1.165) is 56.8 Å². The highest BCUT2D eigenvalue weighted by Crippen LogP contribution is 2.20. The summed E-state index contributed by atoms with van der Waals surface area (Å²) in [4.78, 5) is 27.2. The van der Waals surface area contributed by atoms with E-state index in [1.807, 2.05) is 21.6 Å². The monoisotopic (exact) mass is 745 g/mol. The van der Waals surface area contributed by atoms with E-state index in [4.69, 9.17) is 9.47 Å². The number of nitrogens with zero attached hydrogens (tertiary/aromatic N) is 1. The Bertz CT molecular complexity index is 655. The number of rotatable bonds is 42. The first kappa shape index (κ1) is 49.6. The van der Waals surface area contributed by atoms with Crippen LogP contribution < -0.4 is 5.32 Å². The summed E-state index contributed by atoms with van der Waals surface area (Å²) in [5, 5.41) is 3.49. The topological polar surface area (TPSA) is 67.9 Å². The molecule has 0 saturated carbocycles. The predicted octanol–water partition coefficient (Wildman–Crippen LogP) is 12.3. The average molecular weight is 745 g/mol. The Balaban J connectivity index is 4.10. The molecule has 0 spiro atoms. The van der Waals surface area contributed by atoms with Crippen LogP contribution in [0.3, 0.4) is 0 Å². The van der Waals surface area contributed by atoms with E-state index in [2.05, 4.69) is 31.0 Å². The molecule has 0 amide bonds. The second kappa shape index (κ2) is 43.0. The van der Waals surface area contributed by atoms with E-state index in [-0.39, 0.29) is 11.9 Å². The van der Waals surface area contributed by atoms with Crippen LogP contribution in [0.15, 0.2) is 0 Å².